The molecule has 0 spiro atoms. The molecule has 0 amide bonds. The summed E-state index contributed by atoms with van der Waals surface area (Å²) in [4.78, 5) is 0. The number of benzene rings is 1. The van der Waals surface area contributed by atoms with Gasteiger partial charge in [-0.3, -0.25) is 0 Å². The van der Waals surface area contributed by atoms with Crippen molar-refractivity contribution in [2.75, 3.05) is 6.61 Å². The molecule has 1 rings (SSSR count). The fourth-order valence-corrected chi connectivity index (χ4v) is 3.55. The molecule has 0 radical (unpaired) electrons. The first-order chi connectivity index (χ1) is 7.95. The summed E-state index contributed by atoms with van der Waals surface area (Å²) in [6, 6.07) is 3.77. The van der Waals surface area contributed by atoms with Crippen molar-refractivity contribution in [3.8, 4) is 5.75 Å². The van der Waals surface area contributed by atoms with Crippen LogP contribution in [-0.2, 0) is 0 Å². The van der Waals surface area contributed by atoms with E-state index in [-0.39, 0.29) is 11.8 Å². The standard InChI is InChI=1S/C10H11Br3N2O2/c1-5(10(14)15-16)4-17-9-7(12)2-6(11)3-8(9)13/h2-3,5,16H,4H2,1H3,(H2,14,15). The lowest BCUT2D eigenvalue weighted by atomic mass is 10.2. The molecule has 0 heterocycles. The van der Waals surface area contributed by atoms with E-state index in [9.17, 15) is 0 Å². The van der Waals surface area contributed by atoms with Gasteiger partial charge in [-0.1, -0.05) is 28.0 Å². The number of amidine groups is 1. The average molecular weight is 431 g/mol. The molecular weight excluding hydrogens is 420 g/mol. The SMILES string of the molecule is CC(COc1c(Br)cc(Br)cc1Br)/C(N)=N/O. The quantitative estimate of drug-likeness (QED) is 0.331. The minimum atomic E-state index is -0.164. The van der Waals surface area contributed by atoms with Crippen molar-refractivity contribution in [2.45, 2.75) is 6.92 Å². The predicted octanol–water partition coefficient (Wildman–Crippen LogP) is 3.74. The topological polar surface area (TPSA) is 67.8 Å². The van der Waals surface area contributed by atoms with Gasteiger partial charge in [-0.15, -0.1) is 0 Å². The summed E-state index contributed by atoms with van der Waals surface area (Å²) >= 11 is 10.2. The lowest BCUT2D eigenvalue weighted by molar-refractivity contribution is 0.276. The van der Waals surface area contributed by atoms with Gasteiger partial charge in [0.25, 0.3) is 0 Å². The molecule has 1 aromatic rings. The summed E-state index contributed by atoms with van der Waals surface area (Å²) < 4.78 is 8.21. The molecular formula is C10H11Br3N2O2. The van der Waals surface area contributed by atoms with Crippen LogP contribution in [0.2, 0.25) is 0 Å². The smallest absolute Gasteiger partial charge is 0.147 e. The molecule has 3 N–H and O–H groups in total. The van der Waals surface area contributed by atoms with Crippen LogP contribution in [0.25, 0.3) is 0 Å². The summed E-state index contributed by atoms with van der Waals surface area (Å²) in [5.41, 5.74) is 5.47. The molecule has 4 nitrogen and oxygen atoms in total. The van der Waals surface area contributed by atoms with E-state index >= 15 is 0 Å². The van der Waals surface area contributed by atoms with E-state index in [1.807, 2.05) is 19.1 Å². The molecule has 0 saturated carbocycles. The molecule has 0 fully saturated rings. The maximum absolute atomic E-state index is 8.53. The Kier molecular flexibility index (Phi) is 5.75. The van der Waals surface area contributed by atoms with E-state index in [2.05, 4.69) is 52.9 Å². The third kappa shape index (κ3) is 4.15. The lowest BCUT2D eigenvalue weighted by Crippen LogP contribution is -2.26. The Morgan fingerprint density at radius 1 is 1.41 bits per heavy atom. The third-order valence-electron chi connectivity index (χ3n) is 2.06. The monoisotopic (exact) mass is 428 g/mol. The van der Waals surface area contributed by atoms with Crippen LogP contribution in [0.15, 0.2) is 30.7 Å². The average Bonchev–Trinajstić information content (AvgIpc) is 2.26. The van der Waals surface area contributed by atoms with E-state index in [1.54, 1.807) is 0 Å². The minimum absolute atomic E-state index is 0.148. The van der Waals surface area contributed by atoms with E-state index < -0.39 is 0 Å². The van der Waals surface area contributed by atoms with Gasteiger partial charge in [0, 0.05) is 4.47 Å². The molecule has 0 aliphatic carbocycles. The van der Waals surface area contributed by atoms with Gasteiger partial charge in [-0.25, -0.2) is 0 Å². The first kappa shape index (κ1) is 14.8. The van der Waals surface area contributed by atoms with E-state index in [1.165, 1.54) is 0 Å². The highest BCUT2D eigenvalue weighted by molar-refractivity contribution is 9.11. The minimum Gasteiger partial charge on any atom is -0.490 e. The van der Waals surface area contributed by atoms with Gasteiger partial charge in [0.2, 0.25) is 0 Å². The Morgan fingerprint density at radius 3 is 2.41 bits per heavy atom. The van der Waals surface area contributed by atoms with Gasteiger partial charge in [0.05, 0.1) is 21.5 Å². The van der Waals surface area contributed by atoms with Crippen molar-refractivity contribution in [2.24, 2.45) is 16.8 Å². The van der Waals surface area contributed by atoms with Crippen molar-refractivity contribution >= 4 is 53.6 Å². The second kappa shape index (κ2) is 6.61. The molecule has 17 heavy (non-hydrogen) atoms. The molecule has 0 aliphatic rings. The molecule has 1 aromatic carbocycles. The Bertz CT molecular complexity index is 415. The Labute approximate surface area is 125 Å². The second-order valence-corrected chi connectivity index (χ2v) is 6.06. The number of ether oxygens (including phenoxy) is 1. The predicted molar refractivity (Wildman–Crippen MR) is 77.6 cm³/mol. The highest BCUT2D eigenvalue weighted by Crippen LogP contribution is 2.36. The zero-order valence-electron chi connectivity index (χ0n) is 8.95. The van der Waals surface area contributed by atoms with Crippen molar-refractivity contribution in [3.05, 3.63) is 25.6 Å². The van der Waals surface area contributed by atoms with Crippen molar-refractivity contribution in [3.63, 3.8) is 0 Å². The summed E-state index contributed by atoms with van der Waals surface area (Å²) in [6.07, 6.45) is 0. The van der Waals surface area contributed by atoms with Crippen molar-refractivity contribution < 1.29 is 9.94 Å². The summed E-state index contributed by atoms with van der Waals surface area (Å²) in [5, 5.41) is 11.5. The molecule has 0 aliphatic heterocycles. The second-order valence-electron chi connectivity index (χ2n) is 3.44. The molecule has 7 heteroatoms. The Balaban J connectivity index is 2.76. The van der Waals surface area contributed by atoms with Gasteiger partial charge >= 0.3 is 0 Å². The van der Waals surface area contributed by atoms with Gasteiger partial charge in [0.1, 0.15) is 11.6 Å². The summed E-state index contributed by atoms with van der Waals surface area (Å²) in [5.74, 6) is 0.669. The highest BCUT2D eigenvalue weighted by Gasteiger charge is 2.12. The number of nitrogens with two attached hydrogens (primary N) is 1. The molecule has 94 valence electrons. The number of halogens is 3. The van der Waals surface area contributed by atoms with E-state index in [4.69, 9.17) is 15.7 Å². The van der Waals surface area contributed by atoms with Crippen molar-refractivity contribution in [1.82, 2.24) is 0 Å². The first-order valence-corrected chi connectivity index (χ1v) is 7.08. The van der Waals surface area contributed by atoms with Gasteiger partial charge < -0.3 is 15.7 Å². The molecule has 1 atom stereocenters. The van der Waals surface area contributed by atoms with Crippen LogP contribution in [0.5, 0.6) is 5.75 Å². The number of rotatable bonds is 4. The molecule has 0 aromatic heterocycles. The summed E-state index contributed by atoms with van der Waals surface area (Å²) in [6.45, 7) is 2.14. The summed E-state index contributed by atoms with van der Waals surface area (Å²) in [7, 11) is 0. The van der Waals surface area contributed by atoms with E-state index in [0.717, 1.165) is 13.4 Å². The third-order valence-corrected chi connectivity index (χ3v) is 3.70. The van der Waals surface area contributed by atoms with Crippen LogP contribution in [0.1, 0.15) is 6.92 Å². The maximum Gasteiger partial charge on any atom is 0.147 e. The van der Waals surface area contributed by atoms with Crippen LogP contribution in [0.4, 0.5) is 0 Å². The zero-order valence-corrected chi connectivity index (χ0v) is 13.7. The number of hydrogen-bond donors (Lipinski definition) is 2. The van der Waals surface area contributed by atoms with Crippen molar-refractivity contribution in [1.29, 1.82) is 0 Å². The zero-order chi connectivity index (χ0) is 13.0. The Morgan fingerprint density at radius 2 is 1.94 bits per heavy atom. The fraction of sp³-hybridized carbons (Fsp3) is 0.300. The number of oxime groups is 1. The van der Waals surface area contributed by atoms with Gasteiger partial charge in [0.15, 0.2) is 0 Å². The highest BCUT2D eigenvalue weighted by atomic mass is 79.9. The van der Waals surface area contributed by atoms with Crippen LogP contribution >= 0.6 is 47.8 Å². The molecule has 0 bridgehead atoms. The van der Waals surface area contributed by atoms with Crippen LogP contribution in [-0.4, -0.2) is 17.6 Å². The molecule has 1 unspecified atom stereocenters. The largest absolute Gasteiger partial charge is 0.490 e. The Hall–Kier alpha value is -0.270. The van der Waals surface area contributed by atoms with E-state index in [0.29, 0.717) is 12.4 Å². The van der Waals surface area contributed by atoms with Gasteiger partial charge in [-0.05, 0) is 44.0 Å². The van der Waals surface area contributed by atoms with Crippen LogP contribution < -0.4 is 10.5 Å². The van der Waals surface area contributed by atoms with Crippen LogP contribution in [0.3, 0.4) is 0 Å². The van der Waals surface area contributed by atoms with Gasteiger partial charge in [-0.2, -0.15) is 0 Å². The number of hydrogen-bond acceptors (Lipinski definition) is 3. The fourth-order valence-electron chi connectivity index (χ4n) is 1.06. The maximum atomic E-state index is 8.53. The normalized spacial score (nSPS) is 13.5. The first-order valence-electron chi connectivity index (χ1n) is 4.70. The number of nitrogens with zero attached hydrogens (tertiary/aromatic N) is 1. The lowest BCUT2D eigenvalue weighted by Gasteiger charge is -2.14. The van der Waals surface area contributed by atoms with Crippen LogP contribution in [0, 0.1) is 5.92 Å². The molecule has 0 saturated heterocycles.